The predicted molar refractivity (Wildman–Crippen MR) is 93.2 cm³/mol. The SMILES string of the molecule is FC(F)(F)c1nc(NCc2ccc(Cl)cc2)c2c3c(sc2n1)CCC3. The first-order chi connectivity index (χ1) is 11.9. The molecule has 3 aromatic rings. The highest BCUT2D eigenvalue weighted by Crippen LogP contribution is 2.41. The van der Waals surface area contributed by atoms with Crippen molar-refractivity contribution >= 4 is 39.0 Å². The lowest BCUT2D eigenvalue weighted by Gasteiger charge is -2.11. The zero-order valence-corrected chi connectivity index (χ0v) is 14.5. The maximum absolute atomic E-state index is 13.1. The lowest BCUT2D eigenvalue weighted by Crippen LogP contribution is -2.13. The first kappa shape index (κ1) is 16.6. The summed E-state index contributed by atoms with van der Waals surface area (Å²) in [5.41, 5.74) is 2.00. The van der Waals surface area contributed by atoms with Gasteiger partial charge in [-0.3, -0.25) is 0 Å². The second kappa shape index (κ2) is 6.14. The minimum absolute atomic E-state index is 0.256. The van der Waals surface area contributed by atoms with Gasteiger partial charge in [-0.2, -0.15) is 13.2 Å². The van der Waals surface area contributed by atoms with E-state index in [1.165, 1.54) is 11.3 Å². The number of alkyl halides is 3. The van der Waals surface area contributed by atoms with Gasteiger partial charge in [0.05, 0.1) is 5.39 Å². The summed E-state index contributed by atoms with van der Waals surface area (Å²) in [4.78, 5) is 9.08. The van der Waals surface area contributed by atoms with Crippen molar-refractivity contribution in [3.05, 3.63) is 51.1 Å². The van der Waals surface area contributed by atoms with Crippen molar-refractivity contribution in [3.8, 4) is 0 Å². The molecule has 0 fully saturated rings. The molecule has 2 heterocycles. The van der Waals surface area contributed by atoms with Gasteiger partial charge in [0.2, 0.25) is 5.82 Å². The molecule has 1 aromatic carbocycles. The average Bonchev–Trinajstić information content (AvgIpc) is 3.13. The van der Waals surface area contributed by atoms with Crippen molar-refractivity contribution in [2.24, 2.45) is 0 Å². The number of rotatable bonds is 3. The molecule has 0 spiro atoms. The van der Waals surface area contributed by atoms with Crippen LogP contribution in [-0.2, 0) is 25.6 Å². The van der Waals surface area contributed by atoms with E-state index in [0.717, 1.165) is 40.7 Å². The second-order valence-corrected chi connectivity index (χ2v) is 7.43. The summed E-state index contributed by atoms with van der Waals surface area (Å²) in [5.74, 6) is -0.842. The molecule has 0 amide bonds. The van der Waals surface area contributed by atoms with Gasteiger partial charge in [0.15, 0.2) is 0 Å². The molecular formula is C17H13ClF3N3S. The van der Waals surface area contributed by atoms with Crippen LogP contribution in [-0.4, -0.2) is 9.97 Å². The van der Waals surface area contributed by atoms with Crippen LogP contribution in [0.4, 0.5) is 19.0 Å². The van der Waals surface area contributed by atoms with Crippen LogP contribution < -0.4 is 5.32 Å². The molecule has 0 atom stereocenters. The Hall–Kier alpha value is -1.86. The summed E-state index contributed by atoms with van der Waals surface area (Å²) >= 11 is 7.21. The van der Waals surface area contributed by atoms with Crippen molar-refractivity contribution in [2.45, 2.75) is 32.0 Å². The number of thiophene rings is 1. The molecule has 0 radical (unpaired) electrons. The van der Waals surface area contributed by atoms with Crippen LogP contribution in [0.25, 0.3) is 10.2 Å². The van der Waals surface area contributed by atoms with E-state index in [4.69, 9.17) is 11.6 Å². The van der Waals surface area contributed by atoms with Crippen molar-refractivity contribution in [3.63, 3.8) is 0 Å². The molecule has 1 aliphatic carbocycles. The summed E-state index contributed by atoms with van der Waals surface area (Å²) in [6.45, 7) is 0.366. The van der Waals surface area contributed by atoms with Gasteiger partial charge in [-0.25, -0.2) is 9.97 Å². The van der Waals surface area contributed by atoms with Gasteiger partial charge >= 0.3 is 6.18 Å². The van der Waals surface area contributed by atoms with Crippen LogP contribution in [0, 0.1) is 0 Å². The highest BCUT2D eigenvalue weighted by Gasteiger charge is 2.36. The minimum Gasteiger partial charge on any atom is -0.365 e. The average molecular weight is 384 g/mol. The topological polar surface area (TPSA) is 37.8 Å². The van der Waals surface area contributed by atoms with E-state index in [0.29, 0.717) is 16.4 Å². The molecule has 1 N–H and O–H groups in total. The fourth-order valence-electron chi connectivity index (χ4n) is 3.04. The number of hydrogen-bond donors (Lipinski definition) is 1. The Morgan fingerprint density at radius 1 is 1.12 bits per heavy atom. The molecule has 3 nitrogen and oxygen atoms in total. The Kier molecular flexibility index (Phi) is 4.08. The molecule has 0 bridgehead atoms. The number of hydrogen-bond acceptors (Lipinski definition) is 4. The number of nitrogens with one attached hydrogen (secondary N) is 1. The number of fused-ring (bicyclic) bond motifs is 3. The Morgan fingerprint density at radius 3 is 2.60 bits per heavy atom. The van der Waals surface area contributed by atoms with Crippen LogP contribution in [0.1, 0.15) is 28.2 Å². The van der Waals surface area contributed by atoms with Gasteiger partial charge < -0.3 is 5.32 Å². The first-order valence-electron chi connectivity index (χ1n) is 7.79. The minimum atomic E-state index is -4.57. The summed E-state index contributed by atoms with van der Waals surface area (Å²) in [6, 6.07) is 7.15. The molecule has 25 heavy (non-hydrogen) atoms. The number of aryl methyl sites for hydroxylation is 2. The third-order valence-electron chi connectivity index (χ3n) is 4.19. The number of halogens is 4. The summed E-state index contributed by atoms with van der Waals surface area (Å²) in [7, 11) is 0. The van der Waals surface area contributed by atoms with Gasteiger partial charge in [-0.15, -0.1) is 11.3 Å². The molecule has 0 aliphatic heterocycles. The van der Waals surface area contributed by atoms with Crippen molar-refractivity contribution < 1.29 is 13.2 Å². The largest absolute Gasteiger partial charge is 0.451 e. The normalized spacial score (nSPS) is 14.1. The zero-order chi connectivity index (χ0) is 17.6. The Labute approximate surface area is 150 Å². The molecule has 0 saturated carbocycles. The van der Waals surface area contributed by atoms with E-state index in [9.17, 15) is 13.2 Å². The lowest BCUT2D eigenvalue weighted by atomic mass is 10.1. The summed E-state index contributed by atoms with van der Waals surface area (Å²) < 4.78 is 39.4. The second-order valence-electron chi connectivity index (χ2n) is 5.91. The Morgan fingerprint density at radius 2 is 1.88 bits per heavy atom. The third-order valence-corrected chi connectivity index (χ3v) is 5.63. The van der Waals surface area contributed by atoms with E-state index in [2.05, 4.69) is 15.3 Å². The summed E-state index contributed by atoms with van der Waals surface area (Å²) in [5, 5.41) is 4.41. The van der Waals surface area contributed by atoms with Crippen LogP contribution in [0.15, 0.2) is 24.3 Å². The number of aromatic nitrogens is 2. The zero-order valence-electron chi connectivity index (χ0n) is 13.0. The van der Waals surface area contributed by atoms with Crippen molar-refractivity contribution in [1.29, 1.82) is 0 Å². The molecule has 0 saturated heterocycles. The summed E-state index contributed by atoms with van der Waals surface area (Å²) in [6.07, 6.45) is -1.79. The smallest absolute Gasteiger partial charge is 0.365 e. The van der Waals surface area contributed by atoms with Crippen LogP contribution >= 0.6 is 22.9 Å². The molecule has 2 aromatic heterocycles. The Bertz CT molecular complexity index is 935. The third kappa shape index (κ3) is 3.18. The molecule has 1 aliphatic rings. The predicted octanol–water partition coefficient (Wildman–Crippen LogP) is 5.46. The highest BCUT2D eigenvalue weighted by atomic mass is 35.5. The standard InChI is InChI=1S/C17H13ClF3N3S/c18-10-6-4-9(5-7-10)8-22-14-13-11-2-1-3-12(11)25-15(13)24-16(23-14)17(19,20)21/h4-7H,1-3,8H2,(H,22,23,24). The molecule has 0 unspecified atom stereocenters. The molecule has 8 heteroatoms. The van der Waals surface area contributed by atoms with Gasteiger partial charge in [-0.1, -0.05) is 23.7 Å². The Balaban J connectivity index is 1.75. The monoisotopic (exact) mass is 383 g/mol. The highest BCUT2D eigenvalue weighted by molar-refractivity contribution is 7.19. The molecule has 130 valence electrons. The van der Waals surface area contributed by atoms with Crippen LogP contribution in [0.2, 0.25) is 5.02 Å². The quantitative estimate of drug-likeness (QED) is 0.652. The van der Waals surface area contributed by atoms with Crippen LogP contribution in [0.5, 0.6) is 0 Å². The van der Waals surface area contributed by atoms with Gasteiger partial charge in [0.25, 0.3) is 0 Å². The van der Waals surface area contributed by atoms with Crippen molar-refractivity contribution in [2.75, 3.05) is 5.32 Å². The van der Waals surface area contributed by atoms with E-state index >= 15 is 0 Å². The van der Waals surface area contributed by atoms with Crippen LogP contribution in [0.3, 0.4) is 0 Å². The maximum atomic E-state index is 13.1. The molecular weight excluding hydrogens is 371 g/mol. The lowest BCUT2D eigenvalue weighted by molar-refractivity contribution is -0.144. The van der Waals surface area contributed by atoms with E-state index in [-0.39, 0.29) is 5.82 Å². The number of nitrogens with zero attached hydrogens (tertiary/aromatic N) is 2. The van der Waals surface area contributed by atoms with Gasteiger partial charge in [0.1, 0.15) is 10.6 Å². The van der Waals surface area contributed by atoms with Crippen molar-refractivity contribution in [1.82, 2.24) is 9.97 Å². The van der Waals surface area contributed by atoms with E-state index < -0.39 is 12.0 Å². The van der Waals surface area contributed by atoms with Gasteiger partial charge in [0, 0.05) is 16.4 Å². The maximum Gasteiger partial charge on any atom is 0.451 e. The number of anilines is 1. The van der Waals surface area contributed by atoms with E-state index in [1.807, 2.05) is 12.1 Å². The fraction of sp³-hybridized carbons (Fsp3) is 0.294. The number of benzene rings is 1. The fourth-order valence-corrected chi connectivity index (χ4v) is 4.43. The molecule has 4 rings (SSSR count). The first-order valence-corrected chi connectivity index (χ1v) is 8.99. The van der Waals surface area contributed by atoms with E-state index in [1.54, 1.807) is 12.1 Å². The van der Waals surface area contributed by atoms with Gasteiger partial charge in [-0.05, 0) is 42.5 Å².